The van der Waals surface area contributed by atoms with Crippen molar-refractivity contribution in [2.24, 2.45) is 7.05 Å². The zero-order chi connectivity index (χ0) is 21.1. The number of nitrogens with zero attached hydrogens (tertiary/aromatic N) is 3. The number of nitrogens with one attached hydrogen (secondary N) is 2. The normalized spacial score (nSPS) is 13.4. The van der Waals surface area contributed by atoms with Gasteiger partial charge in [-0.15, -0.1) is 0 Å². The van der Waals surface area contributed by atoms with Crippen LogP contribution in [-0.2, 0) is 13.6 Å². The number of imidazole rings is 1. The number of aromatic amines is 1. The molecule has 0 amide bonds. The fourth-order valence-corrected chi connectivity index (χ4v) is 2.94. The van der Waals surface area contributed by atoms with E-state index in [2.05, 4.69) is 15.3 Å². The maximum Gasteiger partial charge on any atom is 0.329 e. The molecule has 0 aliphatic carbocycles. The molecule has 0 radical (unpaired) electrons. The molecule has 3 rings (SSSR count). The van der Waals surface area contributed by atoms with Gasteiger partial charge in [-0.1, -0.05) is 24.6 Å². The average molecular weight is 401 g/mol. The number of anilines is 1. The molecule has 0 saturated carbocycles. The molecule has 3 N–H and O–H groups in total. The molecule has 0 fully saturated rings. The number of hydrogen-bond acceptors (Lipinski definition) is 6. The molecule has 2 aromatic heterocycles. The highest BCUT2D eigenvalue weighted by molar-refractivity contribution is 5.74. The third-order valence-corrected chi connectivity index (χ3v) is 4.85. The van der Waals surface area contributed by atoms with Crippen LogP contribution in [0.4, 0.5) is 5.95 Å². The van der Waals surface area contributed by atoms with Crippen LogP contribution < -0.4 is 21.3 Å². The minimum Gasteiger partial charge on any atom is -0.491 e. The van der Waals surface area contributed by atoms with Gasteiger partial charge in [0.15, 0.2) is 11.2 Å². The molecule has 0 aliphatic heterocycles. The molecule has 0 unspecified atom stereocenters. The number of aromatic nitrogens is 4. The van der Waals surface area contributed by atoms with E-state index in [9.17, 15) is 14.7 Å². The third kappa shape index (κ3) is 4.51. The van der Waals surface area contributed by atoms with Crippen molar-refractivity contribution in [3.05, 3.63) is 50.7 Å². The summed E-state index contributed by atoms with van der Waals surface area (Å²) in [4.78, 5) is 31.1. The summed E-state index contributed by atoms with van der Waals surface area (Å²) in [6, 6.07) is 7.64. The van der Waals surface area contributed by atoms with Crippen LogP contribution in [0.5, 0.6) is 5.75 Å². The number of rotatable bonds is 8. The Balaban J connectivity index is 1.90. The molecular weight excluding hydrogens is 374 g/mol. The monoisotopic (exact) mass is 401 g/mol. The third-order valence-electron chi connectivity index (χ3n) is 4.85. The van der Waals surface area contributed by atoms with Crippen LogP contribution in [-0.4, -0.2) is 43.0 Å². The van der Waals surface area contributed by atoms with Gasteiger partial charge in [0.2, 0.25) is 5.95 Å². The number of aliphatic hydroxyl groups excluding tert-OH is 1. The van der Waals surface area contributed by atoms with Gasteiger partial charge >= 0.3 is 5.69 Å². The van der Waals surface area contributed by atoms with Gasteiger partial charge in [-0.3, -0.25) is 14.3 Å². The molecule has 0 saturated heterocycles. The number of hydrogen-bond donors (Lipinski definition) is 3. The molecule has 2 heterocycles. The maximum atomic E-state index is 12.5. The summed E-state index contributed by atoms with van der Waals surface area (Å²) in [5, 5.41) is 13.8. The van der Waals surface area contributed by atoms with Crippen molar-refractivity contribution in [3.8, 4) is 5.75 Å². The first-order chi connectivity index (χ1) is 13.8. The second-order valence-corrected chi connectivity index (χ2v) is 7.27. The van der Waals surface area contributed by atoms with E-state index in [4.69, 9.17) is 4.74 Å². The molecular formula is C20H27N5O4. The highest BCUT2D eigenvalue weighted by atomic mass is 16.5. The largest absolute Gasteiger partial charge is 0.491 e. The van der Waals surface area contributed by atoms with Gasteiger partial charge in [0, 0.05) is 13.1 Å². The standard InChI is InChI=1S/C20H27N5O4/c1-5-13(3)21-19-22-17-16(18(27)23-20(28)24(17)4)25(19)10-14(26)11-29-15-8-6-12(2)7-9-15/h6-9,13-14,26H,5,10-11H2,1-4H3,(H,21,22)(H,23,27,28)/t13-,14-/m1/s1. The van der Waals surface area contributed by atoms with Crippen LogP contribution in [0.1, 0.15) is 25.8 Å². The first-order valence-electron chi connectivity index (χ1n) is 9.63. The van der Waals surface area contributed by atoms with Crippen molar-refractivity contribution in [2.75, 3.05) is 11.9 Å². The van der Waals surface area contributed by atoms with Crippen molar-refractivity contribution in [2.45, 2.75) is 45.9 Å². The first-order valence-corrected chi connectivity index (χ1v) is 9.63. The van der Waals surface area contributed by atoms with Gasteiger partial charge in [-0.05, 0) is 32.4 Å². The minimum atomic E-state index is -0.886. The van der Waals surface area contributed by atoms with E-state index in [1.165, 1.54) is 4.57 Å². The number of aryl methyl sites for hydroxylation is 2. The molecule has 1 aromatic carbocycles. The van der Waals surface area contributed by atoms with Crippen molar-refractivity contribution in [1.82, 2.24) is 19.1 Å². The quantitative estimate of drug-likeness (QED) is 0.525. The van der Waals surface area contributed by atoms with Crippen LogP contribution in [0.2, 0.25) is 0 Å². The number of aliphatic hydroxyl groups is 1. The molecule has 0 aliphatic rings. The van der Waals surface area contributed by atoms with E-state index in [0.717, 1.165) is 12.0 Å². The summed E-state index contributed by atoms with van der Waals surface area (Å²) in [7, 11) is 1.54. The Bertz CT molecular complexity index is 1100. The number of H-pyrrole nitrogens is 1. The Morgan fingerprint density at radius 2 is 1.97 bits per heavy atom. The average Bonchev–Trinajstić information content (AvgIpc) is 3.04. The van der Waals surface area contributed by atoms with Crippen LogP contribution in [0.15, 0.2) is 33.9 Å². The Morgan fingerprint density at radius 1 is 1.28 bits per heavy atom. The van der Waals surface area contributed by atoms with Gasteiger partial charge in [0.05, 0.1) is 6.54 Å². The Kier molecular flexibility index (Phi) is 6.07. The summed E-state index contributed by atoms with van der Waals surface area (Å²) >= 11 is 0. The van der Waals surface area contributed by atoms with Crippen LogP contribution in [0.3, 0.4) is 0 Å². The van der Waals surface area contributed by atoms with Crippen molar-refractivity contribution < 1.29 is 9.84 Å². The van der Waals surface area contributed by atoms with Crippen LogP contribution in [0, 0.1) is 6.92 Å². The molecule has 2 atom stereocenters. The zero-order valence-corrected chi connectivity index (χ0v) is 17.1. The lowest BCUT2D eigenvalue weighted by Crippen LogP contribution is -2.31. The van der Waals surface area contributed by atoms with Crippen molar-refractivity contribution in [1.29, 1.82) is 0 Å². The highest BCUT2D eigenvalue weighted by Gasteiger charge is 2.20. The van der Waals surface area contributed by atoms with Crippen LogP contribution >= 0.6 is 0 Å². The Labute approximate surface area is 168 Å². The van der Waals surface area contributed by atoms with E-state index < -0.39 is 17.4 Å². The molecule has 3 aromatic rings. The topological polar surface area (TPSA) is 114 Å². The van der Waals surface area contributed by atoms with E-state index in [1.54, 1.807) is 11.6 Å². The van der Waals surface area contributed by atoms with E-state index in [1.807, 2.05) is 45.0 Å². The molecule has 9 nitrogen and oxygen atoms in total. The number of ether oxygens (including phenoxy) is 1. The summed E-state index contributed by atoms with van der Waals surface area (Å²) in [6.07, 6.45) is -0.0415. The molecule has 29 heavy (non-hydrogen) atoms. The smallest absolute Gasteiger partial charge is 0.329 e. The molecule has 9 heteroatoms. The fourth-order valence-electron chi connectivity index (χ4n) is 2.94. The second-order valence-electron chi connectivity index (χ2n) is 7.27. The van der Waals surface area contributed by atoms with Gasteiger partial charge in [-0.25, -0.2) is 4.79 Å². The lowest BCUT2D eigenvalue weighted by molar-refractivity contribution is 0.0938. The number of fused-ring (bicyclic) bond motifs is 1. The van der Waals surface area contributed by atoms with Gasteiger partial charge in [0.1, 0.15) is 18.5 Å². The van der Waals surface area contributed by atoms with Crippen LogP contribution in [0.25, 0.3) is 11.2 Å². The zero-order valence-electron chi connectivity index (χ0n) is 17.1. The SMILES string of the molecule is CC[C@@H](C)Nc1nc2c(c(=O)[nH]c(=O)n2C)n1C[C@@H](O)COc1ccc(C)cc1. The maximum absolute atomic E-state index is 12.5. The van der Waals surface area contributed by atoms with Gasteiger partial charge < -0.3 is 19.7 Å². The number of benzene rings is 1. The molecule has 156 valence electrons. The minimum absolute atomic E-state index is 0.0508. The summed E-state index contributed by atoms with van der Waals surface area (Å²) < 4.78 is 8.54. The van der Waals surface area contributed by atoms with Crippen molar-refractivity contribution in [3.63, 3.8) is 0 Å². The fraction of sp³-hybridized carbons (Fsp3) is 0.450. The summed E-state index contributed by atoms with van der Waals surface area (Å²) in [5.41, 5.74) is 0.529. The Hall–Kier alpha value is -3.07. The lowest BCUT2D eigenvalue weighted by Gasteiger charge is -2.17. The van der Waals surface area contributed by atoms with E-state index >= 15 is 0 Å². The molecule has 0 spiro atoms. The highest BCUT2D eigenvalue weighted by Crippen LogP contribution is 2.18. The predicted molar refractivity (Wildman–Crippen MR) is 112 cm³/mol. The van der Waals surface area contributed by atoms with E-state index in [0.29, 0.717) is 11.7 Å². The van der Waals surface area contributed by atoms with E-state index in [-0.39, 0.29) is 30.4 Å². The predicted octanol–water partition coefficient (Wildman–Crippen LogP) is 1.38. The second kappa shape index (κ2) is 8.52. The summed E-state index contributed by atoms with van der Waals surface area (Å²) in [6.45, 7) is 6.14. The summed E-state index contributed by atoms with van der Waals surface area (Å²) in [5.74, 6) is 1.08. The van der Waals surface area contributed by atoms with Crippen molar-refractivity contribution >= 4 is 17.1 Å². The van der Waals surface area contributed by atoms with Gasteiger partial charge in [0.25, 0.3) is 5.56 Å². The lowest BCUT2D eigenvalue weighted by atomic mass is 10.2. The molecule has 0 bridgehead atoms. The first kappa shape index (κ1) is 20.7. The van der Waals surface area contributed by atoms with Gasteiger partial charge in [-0.2, -0.15) is 4.98 Å². The Morgan fingerprint density at radius 3 is 2.62 bits per heavy atom.